The largest absolute Gasteiger partial charge is 0.353 e. The van der Waals surface area contributed by atoms with Crippen molar-refractivity contribution in [1.82, 2.24) is 0 Å². The Morgan fingerprint density at radius 2 is 2.57 bits per heavy atom. The van der Waals surface area contributed by atoms with Crippen molar-refractivity contribution in [2.24, 2.45) is 5.73 Å². The molecule has 3 heteroatoms. The monoisotopic (exact) mass is 103 g/mol. The van der Waals surface area contributed by atoms with Gasteiger partial charge in [0.15, 0.2) is 0 Å². The van der Waals surface area contributed by atoms with Crippen molar-refractivity contribution in [3.63, 3.8) is 0 Å². The number of nitrogens with two attached hydrogens (primary N) is 1. The van der Waals surface area contributed by atoms with Gasteiger partial charge in [0.25, 0.3) is 0 Å². The molecule has 7 heavy (non-hydrogen) atoms. The molecular formula is C4H9NO2. The average molecular weight is 103 g/mol. The van der Waals surface area contributed by atoms with Crippen LogP contribution in [-0.4, -0.2) is 26.0 Å². The Morgan fingerprint density at radius 3 is 2.86 bits per heavy atom. The Morgan fingerprint density at radius 1 is 1.71 bits per heavy atom. The van der Waals surface area contributed by atoms with E-state index in [1.165, 1.54) is 0 Å². The maximum Gasteiger partial charge on any atom is 0.147 e. The Hall–Kier alpha value is -0.120. The second-order valence-corrected chi connectivity index (χ2v) is 1.51. The fraction of sp³-hybridized carbons (Fsp3) is 1.00. The summed E-state index contributed by atoms with van der Waals surface area (Å²) in [5.41, 5.74) is 5.23. The van der Waals surface area contributed by atoms with Gasteiger partial charge in [0.2, 0.25) is 0 Å². The van der Waals surface area contributed by atoms with E-state index in [0.717, 1.165) is 0 Å². The number of hydrogen-bond acceptors (Lipinski definition) is 3. The second kappa shape index (κ2) is 2.26. The lowest BCUT2D eigenvalue weighted by Gasteiger charge is -1.98. The molecule has 0 aromatic heterocycles. The molecule has 0 radical (unpaired) electrons. The molecule has 1 heterocycles. The van der Waals surface area contributed by atoms with Gasteiger partial charge in [0.05, 0.1) is 12.7 Å². The minimum Gasteiger partial charge on any atom is -0.353 e. The third kappa shape index (κ3) is 1.12. The van der Waals surface area contributed by atoms with Crippen LogP contribution in [0, 0.1) is 0 Å². The minimum absolute atomic E-state index is 0.153. The Kier molecular flexibility index (Phi) is 1.62. The van der Waals surface area contributed by atoms with E-state index in [4.69, 9.17) is 15.2 Å². The summed E-state index contributed by atoms with van der Waals surface area (Å²) in [6, 6.07) is 0. The van der Waals surface area contributed by atoms with Gasteiger partial charge in [-0.25, -0.2) is 0 Å². The van der Waals surface area contributed by atoms with Gasteiger partial charge in [-0.2, -0.15) is 0 Å². The first-order valence-corrected chi connectivity index (χ1v) is 2.33. The summed E-state index contributed by atoms with van der Waals surface area (Å²) in [5.74, 6) is 0. The van der Waals surface area contributed by atoms with E-state index < -0.39 is 0 Å². The van der Waals surface area contributed by atoms with Crippen LogP contribution >= 0.6 is 0 Å². The molecule has 0 bridgehead atoms. The van der Waals surface area contributed by atoms with Gasteiger partial charge in [-0.05, 0) is 0 Å². The first-order valence-electron chi connectivity index (χ1n) is 2.33. The van der Waals surface area contributed by atoms with Crippen LogP contribution in [0.1, 0.15) is 0 Å². The predicted molar refractivity (Wildman–Crippen MR) is 24.7 cm³/mol. The molecule has 0 saturated carbocycles. The van der Waals surface area contributed by atoms with Crippen molar-refractivity contribution >= 4 is 0 Å². The summed E-state index contributed by atoms with van der Waals surface area (Å²) in [5, 5.41) is 0. The summed E-state index contributed by atoms with van der Waals surface area (Å²) >= 11 is 0. The standard InChI is InChI=1S/C4H9NO2/c5-1-4-2-6-3-7-4/h4H,1-3,5H2/t4-/m1/s1. The van der Waals surface area contributed by atoms with E-state index in [9.17, 15) is 0 Å². The molecule has 0 aliphatic carbocycles. The summed E-state index contributed by atoms with van der Waals surface area (Å²) < 4.78 is 9.80. The van der Waals surface area contributed by atoms with Gasteiger partial charge >= 0.3 is 0 Å². The predicted octanol–water partition coefficient (Wildman–Crippen LogP) is -0.682. The number of ether oxygens (including phenoxy) is 2. The topological polar surface area (TPSA) is 44.5 Å². The molecule has 2 N–H and O–H groups in total. The molecule has 0 aromatic rings. The highest BCUT2D eigenvalue weighted by atomic mass is 16.7. The van der Waals surface area contributed by atoms with Gasteiger partial charge in [-0.15, -0.1) is 0 Å². The van der Waals surface area contributed by atoms with Crippen molar-refractivity contribution in [1.29, 1.82) is 0 Å². The van der Waals surface area contributed by atoms with Crippen LogP contribution < -0.4 is 5.73 Å². The van der Waals surface area contributed by atoms with E-state index in [2.05, 4.69) is 0 Å². The lowest BCUT2D eigenvalue weighted by Crippen LogP contribution is -2.21. The molecule has 1 aliphatic heterocycles. The van der Waals surface area contributed by atoms with E-state index in [1.54, 1.807) is 0 Å². The fourth-order valence-corrected chi connectivity index (χ4v) is 0.508. The van der Waals surface area contributed by atoms with E-state index in [-0.39, 0.29) is 6.10 Å². The van der Waals surface area contributed by atoms with Crippen LogP contribution in [-0.2, 0) is 9.47 Å². The average Bonchev–Trinajstić information content (AvgIpc) is 2.14. The van der Waals surface area contributed by atoms with Crippen molar-refractivity contribution in [3.8, 4) is 0 Å². The smallest absolute Gasteiger partial charge is 0.147 e. The Bertz CT molecular complexity index is 51.7. The quantitative estimate of drug-likeness (QED) is 0.478. The highest BCUT2D eigenvalue weighted by molar-refractivity contribution is 4.58. The molecule has 1 atom stereocenters. The highest BCUT2D eigenvalue weighted by Crippen LogP contribution is 1.98. The van der Waals surface area contributed by atoms with Crippen molar-refractivity contribution < 1.29 is 9.47 Å². The zero-order valence-corrected chi connectivity index (χ0v) is 4.09. The van der Waals surface area contributed by atoms with Crippen LogP contribution in [0.15, 0.2) is 0 Å². The van der Waals surface area contributed by atoms with Crippen LogP contribution in [0.25, 0.3) is 0 Å². The summed E-state index contributed by atoms with van der Waals surface area (Å²) in [6.45, 7) is 1.65. The van der Waals surface area contributed by atoms with Gasteiger partial charge in [-0.1, -0.05) is 0 Å². The normalized spacial score (nSPS) is 31.3. The molecular weight excluding hydrogens is 94.0 g/mol. The molecule has 0 spiro atoms. The molecule has 42 valence electrons. The Balaban J connectivity index is 2.14. The van der Waals surface area contributed by atoms with E-state index in [1.807, 2.05) is 0 Å². The highest BCUT2D eigenvalue weighted by Gasteiger charge is 2.12. The maximum atomic E-state index is 5.23. The molecule has 0 aromatic carbocycles. The second-order valence-electron chi connectivity index (χ2n) is 1.51. The SMILES string of the molecule is NC[C@@H]1COCO1. The van der Waals surface area contributed by atoms with Crippen molar-refractivity contribution in [2.75, 3.05) is 19.9 Å². The summed E-state index contributed by atoms with van der Waals surface area (Å²) in [7, 11) is 0. The molecule has 3 nitrogen and oxygen atoms in total. The lowest BCUT2D eigenvalue weighted by atomic mass is 10.4. The van der Waals surface area contributed by atoms with E-state index >= 15 is 0 Å². The van der Waals surface area contributed by atoms with E-state index in [0.29, 0.717) is 19.9 Å². The first kappa shape index (κ1) is 5.03. The molecule has 1 aliphatic rings. The van der Waals surface area contributed by atoms with Crippen LogP contribution in [0.2, 0.25) is 0 Å². The third-order valence-corrected chi connectivity index (χ3v) is 0.954. The van der Waals surface area contributed by atoms with Gasteiger partial charge in [0.1, 0.15) is 6.79 Å². The minimum atomic E-state index is 0.153. The summed E-state index contributed by atoms with van der Waals surface area (Å²) in [4.78, 5) is 0. The number of rotatable bonds is 1. The lowest BCUT2D eigenvalue weighted by molar-refractivity contribution is 0.0491. The molecule has 1 fully saturated rings. The van der Waals surface area contributed by atoms with Crippen LogP contribution in [0.3, 0.4) is 0 Å². The zero-order valence-electron chi connectivity index (χ0n) is 4.09. The van der Waals surface area contributed by atoms with Gasteiger partial charge in [0, 0.05) is 6.54 Å². The van der Waals surface area contributed by atoms with Crippen molar-refractivity contribution in [3.05, 3.63) is 0 Å². The zero-order chi connectivity index (χ0) is 5.11. The molecule has 1 rings (SSSR count). The fourth-order valence-electron chi connectivity index (χ4n) is 0.508. The van der Waals surface area contributed by atoms with Gasteiger partial charge in [-0.3, -0.25) is 0 Å². The Labute approximate surface area is 42.4 Å². The third-order valence-electron chi connectivity index (χ3n) is 0.954. The molecule has 1 saturated heterocycles. The van der Waals surface area contributed by atoms with Crippen LogP contribution in [0.5, 0.6) is 0 Å². The maximum absolute atomic E-state index is 5.23. The molecule has 0 amide bonds. The molecule has 0 unspecified atom stereocenters. The number of hydrogen-bond donors (Lipinski definition) is 1. The van der Waals surface area contributed by atoms with Crippen molar-refractivity contribution in [2.45, 2.75) is 6.10 Å². The first-order chi connectivity index (χ1) is 3.43. The van der Waals surface area contributed by atoms with Crippen LogP contribution in [0.4, 0.5) is 0 Å². The van der Waals surface area contributed by atoms with Gasteiger partial charge < -0.3 is 15.2 Å². The summed E-state index contributed by atoms with van der Waals surface area (Å²) in [6.07, 6.45) is 0.153.